The van der Waals surface area contributed by atoms with Crippen molar-refractivity contribution in [3.05, 3.63) is 5.82 Å². The molecule has 0 aliphatic heterocycles. The van der Waals surface area contributed by atoms with Gasteiger partial charge in [0.1, 0.15) is 0 Å². The molecule has 1 heterocycles. The van der Waals surface area contributed by atoms with Crippen LogP contribution in [0, 0.1) is 0 Å². The van der Waals surface area contributed by atoms with Crippen molar-refractivity contribution in [2.75, 3.05) is 5.32 Å². The van der Waals surface area contributed by atoms with Gasteiger partial charge in [0.15, 0.2) is 5.82 Å². The molecule has 1 aliphatic carbocycles. The lowest BCUT2D eigenvalue weighted by Crippen LogP contribution is -2.04. The van der Waals surface area contributed by atoms with E-state index in [9.17, 15) is 0 Å². The van der Waals surface area contributed by atoms with E-state index in [4.69, 9.17) is 34.8 Å². The van der Waals surface area contributed by atoms with Crippen LogP contribution < -0.4 is 5.32 Å². The summed E-state index contributed by atoms with van der Waals surface area (Å²) >= 11 is 18.0. The molecule has 13 heavy (non-hydrogen) atoms. The molecule has 2 rings (SSSR count). The molecule has 1 fully saturated rings. The van der Waals surface area contributed by atoms with Crippen LogP contribution in [0.3, 0.4) is 0 Å². The van der Waals surface area contributed by atoms with Crippen LogP contribution in [-0.2, 0) is 3.79 Å². The van der Waals surface area contributed by atoms with Gasteiger partial charge in [-0.2, -0.15) is 9.36 Å². The highest BCUT2D eigenvalue weighted by Crippen LogP contribution is 2.38. The second kappa shape index (κ2) is 3.42. The van der Waals surface area contributed by atoms with Crippen LogP contribution >= 0.6 is 46.3 Å². The molecule has 0 aromatic carbocycles. The average molecular weight is 259 g/mol. The summed E-state index contributed by atoms with van der Waals surface area (Å²) in [4.78, 5) is 4.06. The quantitative estimate of drug-likeness (QED) is 0.829. The molecule has 1 saturated carbocycles. The lowest BCUT2D eigenvalue weighted by molar-refractivity contribution is 1.03. The molecule has 1 aliphatic rings. The van der Waals surface area contributed by atoms with Gasteiger partial charge in [0.25, 0.3) is 3.79 Å². The Labute approximate surface area is 94.6 Å². The number of hydrogen-bond acceptors (Lipinski definition) is 4. The van der Waals surface area contributed by atoms with Gasteiger partial charge in [0, 0.05) is 17.6 Å². The Hall–Kier alpha value is 0.230. The fourth-order valence-corrected chi connectivity index (χ4v) is 1.90. The zero-order chi connectivity index (χ0) is 9.47. The minimum atomic E-state index is -1.51. The average Bonchev–Trinajstić information content (AvgIpc) is 2.63. The van der Waals surface area contributed by atoms with Crippen molar-refractivity contribution >= 4 is 51.5 Å². The Balaban J connectivity index is 2.08. The number of nitrogens with zero attached hydrogens (tertiary/aromatic N) is 2. The van der Waals surface area contributed by atoms with Crippen molar-refractivity contribution in [3.8, 4) is 0 Å². The maximum Gasteiger partial charge on any atom is 0.251 e. The molecule has 0 spiro atoms. The Morgan fingerprint density at radius 3 is 2.54 bits per heavy atom. The molecule has 3 nitrogen and oxygen atoms in total. The number of halogens is 3. The molecule has 72 valence electrons. The highest BCUT2D eigenvalue weighted by molar-refractivity contribution is 7.09. The monoisotopic (exact) mass is 257 g/mol. The van der Waals surface area contributed by atoms with Crippen molar-refractivity contribution in [2.24, 2.45) is 0 Å². The van der Waals surface area contributed by atoms with E-state index in [-0.39, 0.29) is 5.82 Å². The first-order valence-corrected chi connectivity index (χ1v) is 5.64. The molecular weight excluding hydrogens is 253 g/mol. The van der Waals surface area contributed by atoms with Crippen LogP contribution in [-0.4, -0.2) is 15.4 Å². The van der Waals surface area contributed by atoms with Crippen LogP contribution in [0.25, 0.3) is 0 Å². The van der Waals surface area contributed by atoms with Crippen molar-refractivity contribution in [2.45, 2.75) is 22.7 Å². The van der Waals surface area contributed by atoms with E-state index in [0.29, 0.717) is 6.04 Å². The van der Waals surface area contributed by atoms with E-state index in [1.165, 1.54) is 24.4 Å². The van der Waals surface area contributed by atoms with Gasteiger partial charge < -0.3 is 5.32 Å². The highest BCUT2D eigenvalue weighted by Gasteiger charge is 2.29. The number of hydrogen-bond donors (Lipinski definition) is 1. The first-order valence-electron chi connectivity index (χ1n) is 3.73. The Morgan fingerprint density at radius 2 is 2.08 bits per heavy atom. The van der Waals surface area contributed by atoms with Crippen molar-refractivity contribution in [1.82, 2.24) is 9.36 Å². The van der Waals surface area contributed by atoms with Gasteiger partial charge in [-0.25, -0.2) is 0 Å². The minimum absolute atomic E-state index is 0.241. The predicted molar refractivity (Wildman–Crippen MR) is 55.8 cm³/mol. The van der Waals surface area contributed by atoms with Crippen molar-refractivity contribution < 1.29 is 0 Å². The zero-order valence-electron chi connectivity index (χ0n) is 6.43. The van der Waals surface area contributed by atoms with Gasteiger partial charge in [0.2, 0.25) is 5.13 Å². The molecule has 0 radical (unpaired) electrons. The molecule has 7 heteroatoms. The molecule has 0 atom stereocenters. The fraction of sp³-hybridized carbons (Fsp3) is 0.667. The van der Waals surface area contributed by atoms with E-state index >= 15 is 0 Å². The van der Waals surface area contributed by atoms with E-state index in [1.54, 1.807) is 0 Å². The molecule has 0 amide bonds. The molecule has 0 bridgehead atoms. The fourth-order valence-electron chi connectivity index (χ4n) is 0.800. The van der Waals surface area contributed by atoms with E-state index < -0.39 is 3.79 Å². The van der Waals surface area contributed by atoms with Gasteiger partial charge >= 0.3 is 0 Å². The standard InChI is InChI=1S/C6H6Cl3N3S/c7-6(8,9)4-11-5(13-12-4)10-3-1-2-3/h3H,1-2H2,(H,10,11,12). The summed E-state index contributed by atoms with van der Waals surface area (Å²) in [6.45, 7) is 0. The maximum atomic E-state index is 5.61. The number of aromatic nitrogens is 2. The Kier molecular flexibility index (Phi) is 2.57. The predicted octanol–water partition coefficient (Wildman–Crippen LogP) is 2.94. The third-order valence-electron chi connectivity index (χ3n) is 1.58. The summed E-state index contributed by atoms with van der Waals surface area (Å²) in [5.74, 6) is 0.241. The number of rotatable bonds is 2. The SMILES string of the molecule is ClC(Cl)(Cl)c1nsc(NC2CC2)n1. The zero-order valence-corrected chi connectivity index (χ0v) is 9.51. The summed E-state index contributed by atoms with van der Waals surface area (Å²) in [6, 6.07) is 0.538. The van der Waals surface area contributed by atoms with Crippen molar-refractivity contribution in [1.29, 1.82) is 0 Å². The van der Waals surface area contributed by atoms with Crippen molar-refractivity contribution in [3.63, 3.8) is 0 Å². The second-order valence-electron chi connectivity index (χ2n) is 2.84. The third kappa shape index (κ3) is 2.59. The molecule has 1 N–H and O–H groups in total. The molecular formula is C6H6Cl3N3S. The van der Waals surface area contributed by atoms with Crippen LogP contribution in [0.5, 0.6) is 0 Å². The largest absolute Gasteiger partial charge is 0.358 e. The Morgan fingerprint density at radius 1 is 1.38 bits per heavy atom. The van der Waals surface area contributed by atoms with Crippen LogP contribution in [0.4, 0.5) is 5.13 Å². The van der Waals surface area contributed by atoms with Gasteiger partial charge in [0.05, 0.1) is 0 Å². The smallest absolute Gasteiger partial charge is 0.251 e. The number of anilines is 1. The lowest BCUT2D eigenvalue weighted by atomic mass is 10.7. The van der Waals surface area contributed by atoms with Crippen LogP contribution in [0.1, 0.15) is 18.7 Å². The van der Waals surface area contributed by atoms with Gasteiger partial charge in [-0.1, -0.05) is 34.8 Å². The normalized spacial score (nSPS) is 17.5. The summed E-state index contributed by atoms with van der Waals surface area (Å²) < 4.78 is 2.43. The molecule has 1 aromatic rings. The van der Waals surface area contributed by atoms with E-state index in [2.05, 4.69) is 14.7 Å². The first-order chi connectivity index (χ1) is 6.05. The highest BCUT2D eigenvalue weighted by atomic mass is 35.6. The van der Waals surface area contributed by atoms with E-state index in [0.717, 1.165) is 5.13 Å². The molecule has 1 aromatic heterocycles. The van der Waals surface area contributed by atoms with E-state index in [1.807, 2.05) is 0 Å². The first kappa shape index (κ1) is 9.77. The molecule has 0 saturated heterocycles. The Bertz CT molecular complexity index is 304. The summed E-state index contributed by atoms with van der Waals surface area (Å²) in [6.07, 6.45) is 2.37. The summed E-state index contributed by atoms with van der Waals surface area (Å²) in [5.41, 5.74) is 0. The van der Waals surface area contributed by atoms with Gasteiger partial charge in [-0.15, -0.1) is 0 Å². The third-order valence-corrected chi connectivity index (χ3v) is 2.74. The lowest BCUT2D eigenvalue weighted by Gasteiger charge is -2.03. The summed E-state index contributed by atoms with van der Waals surface area (Å²) in [7, 11) is 0. The second-order valence-corrected chi connectivity index (χ2v) is 5.87. The summed E-state index contributed by atoms with van der Waals surface area (Å²) in [5, 5.41) is 3.90. The minimum Gasteiger partial charge on any atom is -0.358 e. The van der Waals surface area contributed by atoms with Gasteiger partial charge in [-0.05, 0) is 12.8 Å². The topological polar surface area (TPSA) is 37.8 Å². The number of nitrogens with one attached hydrogen (secondary N) is 1. The number of alkyl halides is 3. The van der Waals surface area contributed by atoms with Gasteiger partial charge in [-0.3, -0.25) is 0 Å². The molecule has 0 unspecified atom stereocenters. The van der Waals surface area contributed by atoms with Crippen LogP contribution in [0.2, 0.25) is 0 Å². The maximum absolute atomic E-state index is 5.61. The van der Waals surface area contributed by atoms with Crippen LogP contribution in [0.15, 0.2) is 0 Å².